The van der Waals surface area contributed by atoms with E-state index in [1.54, 1.807) is 0 Å². The first kappa shape index (κ1) is 14.3. The smallest absolute Gasteiger partial charge is 0.304 e. The van der Waals surface area contributed by atoms with E-state index >= 15 is 0 Å². The molecule has 0 saturated carbocycles. The molecule has 0 aliphatic carbocycles. The third-order valence-electron chi connectivity index (χ3n) is 3.40. The molecule has 1 heterocycles. The minimum Gasteiger partial charge on any atom is -0.481 e. The van der Waals surface area contributed by atoms with Gasteiger partial charge in [0.15, 0.2) is 0 Å². The highest BCUT2D eigenvalue weighted by Crippen LogP contribution is 2.29. The van der Waals surface area contributed by atoms with Crippen LogP contribution in [0.5, 0.6) is 0 Å². The fraction of sp³-hybridized carbons (Fsp3) is 0.500. The number of benzene rings is 1. The molecule has 0 amide bonds. The Kier molecular flexibility index (Phi) is 4.82. The average Bonchev–Trinajstić information content (AvgIpc) is 2.77. The lowest BCUT2D eigenvalue weighted by atomic mass is 10.2. The van der Waals surface area contributed by atoms with Crippen molar-refractivity contribution < 1.29 is 9.90 Å². The van der Waals surface area contributed by atoms with Gasteiger partial charge in [-0.15, -0.1) is 0 Å². The Hall–Kier alpha value is -1.07. The summed E-state index contributed by atoms with van der Waals surface area (Å²) >= 11 is 3.61. The first-order valence-corrected chi connectivity index (χ1v) is 7.32. The van der Waals surface area contributed by atoms with Gasteiger partial charge in [-0.1, -0.05) is 6.07 Å². The number of carboxylic acids is 1. The highest BCUT2D eigenvalue weighted by molar-refractivity contribution is 9.10. The predicted octanol–water partition coefficient (Wildman–Crippen LogP) is 2.40. The quantitative estimate of drug-likeness (QED) is 0.872. The van der Waals surface area contributed by atoms with Crippen LogP contribution in [0.3, 0.4) is 0 Å². The van der Waals surface area contributed by atoms with Crippen molar-refractivity contribution in [3.05, 3.63) is 28.2 Å². The maximum Gasteiger partial charge on any atom is 0.304 e. The molecule has 0 bridgehead atoms. The number of aliphatic carboxylic acids is 1. The van der Waals surface area contributed by atoms with Crippen LogP contribution in [0.2, 0.25) is 0 Å². The summed E-state index contributed by atoms with van der Waals surface area (Å²) < 4.78 is 1.12. The van der Waals surface area contributed by atoms with Gasteiger partial charge in [-0.2, -0.15) is 0 Å². The maximum absolute atomic E-state index is 10.5. The lowest BCUT2D eigenvalue weighted by Gasteiger charge is -2.20. The normalized spacial score (nSPS) is 18.8. The van der Waals surface area contributed by atoms with E-state index in [2.05, 4.69) is 51.3 Å². The van der Waals surface area contributed by atoms with Gasteiger partial charge in [0.05, 0.1) is 12.1 Å². The fourth-order valence-corrected chi connectivity index (χ4v) is 3.14. The van der Waals surface area contributed by atoms with Gasteiger partial charge in [0.25, 0.3) is 0 Å². The number of hydrogen-bond donors (Lipinski definition) is 2. The number of carboxylic acid groups (broad SMARTS) is 1. The topological polar surface area (TPSA) is 52.6 Å². The zero-order valence-corrected chi connectivity index (χ0v) is 12.6. The Bertz CT molecular complexity index is 465. The van der Waals surface area contributed by atoms with Crippen molar-refractivity contribution in [1.29, 1.82) is 0 Å². The van der Waals surface area contributed by atoms with Crippen molar-refractivity contribution in [2.45, 2.75) is 25.8 Å². The first-order chi connectivity index (χ1) is 9.06. The van der Waals surface area contributed by atoms with E-state index in [-0.39, 0.29) is 6.42 Å². The first-order valence-electron chi connectivity index (χ1n) is 6.52. The molecule has 1 saturated heterocycles. The van der Waals surface area contributed by atoms with Crippen molar-refractivity contribution in [3.8, 4) is 0 Å². The molecular weight excluding hydrogens is 308 g/mol. The van der Waals surface area contributed by atoms with Gasteiger partial charge >= 0.3 is 5.97 Å². The molecule has 4 nitrogen and oxygen atoms in total. The predicted molar refractivity (Wildman–Crippen MR) is 79.8 cm³/mol. The van der Waals surface area contributed by atoms with Crippen LogP contribution in [0.25, 0.3) is 0 Å². The van der Waals surface area contributed by atoms with E-state index in [1.165, 1.54) is 11.3 Å². The number of aryl methyl sites for hydroxylation is 1. The van der Waals surface area contributed by atoms with Crippen LogP contribution >= 0.6 is 15.9 Å². The molecule has 1 fully saturated rings. The van der Waals surface area contributed by atoms with Gasteiger partial charge in [-0.05, 0) is 47.0 Å². The summed E-state index contributed by atoms with van der Waals surface area (Å²) in [6.45, 7) is 4.56. The number of hydrogen-bond acceptors (Lipinski definition) is 3. The van der Waals surface area contributed by atoms with Crippen molar-refractivity contribution in [2.75, 3.05) is 24.5 Å². The van der Waals surface area contributed by atoms with Crippen LogP contribution < -0.4 is 10.2 Å². The molecule has 1 aliphatic heterocycles. The number of anilines is 1. The Labute approximate surface area is 121 Å². The van der Waals surface area contributed by atoms with E-state index in [0.717, 1.165) is 24.0 Å². The van der Waals surface area contributed by atoms with Crippen molar-refractivity contribution >= 4 is 27.6 Å². The monoisotopic (exact) mass is 326 g/mol. The van der Waals surface area contributed by atoms with E-state index < -0.39 is 5.97 Å². The minimum atomic E-state index is -0.747. The third-order valence-corrected chi connectivity index (χ3v) is 4.04. The second-order valence-corrected chi connectivity index (χ2v) is 5.84. The molecule has 5 heteroatoms. The Balaban J connectivity index is 1.89. The van der Waals surface area contributed by atoms with Gasteiger partial charge in [0.1, 0.15) is 0 Å². The lowest BCUT2D eigenvalue weighted by molar-refractivity contribution is -0.136. The molecule has 2 rings (SSSR count). The van der Waals surface area contributed by atoms with Gasteiger partial charge < -0.3 is 15.3 Å². The Morgan fingerprint density at radius 3 is 3.05 bits per heavy atom. The summed E-state index contributed by atoms with van der Waals surface area (Å²) in [5.41, 5.74) is 2.46. The third kappa shape index (κ3) is 3.94. The summed E-state index contributed by atoms with van der Waals surface area (Å²) in [4.78, 5) is 12.8. The zero-order chi connectivity index (χ0) is 13.8. The van der Waals surface area contributed by atoms with Gasteiger partial charge in [-0.25, -0.2) is 0 Å². The van der Waals surface area contributed by atoms with Gasteiger partial charge in [0.2, 0.25) is 0 Å². The molecule has 1 aromatic carbocycles. The van der Waals surface area contributed by atoms with Gasteiger partial charge in [-0.3, -0.25) is 4.79 Å². The summed E-state index contributed by atoms with van der Waals surface area (Å²) in [6, 6.07) is 6.76. The second kappa shape index (κ2) is 6.39. The molecule has 1 aromatic rings. The van der Waals surface area contributed by atoms with Crippen LogP contribution in [-0.4, -0.2) is 36.8 Å². The Morgan fingerprint density at radius 2 is 2.37 bits per heavy atom. The number of halogens is 1. The summed E-state index contributed by atoms with van der Waals surface area (Å²) in [5, 5.41) is 11.9. The standard InChI is InChI=1S/C14H19BrN2O2/c1-10-2-3-13(12(15)8-10)17-7-5-11(9-17)16-6-4-14(18)19/h2-3,8,11,16H,4-7,9H2,1H3,(H,18,19). The molecule has 0 radical (unpaired) electrons. The van der Waals surface area contributed by atoms with E-state index in [1.807, 2.05) is 0 Å². The number of nitrogens with zero attached hydrogens (tertiary/aromatic N) is 1. The summed E-state index contributed by atoms with van der Waals surface area (Å²) in [7, 11) is 0. The molecular formula is C14H19BrN2O2. The van der Waals surface area contributed by atoms with Crippen molar-refractivity contribution in [1.82, 2.24) is 5.32 Å². The highest BCUT2D eigenvalue weighted by Gasteiger charge is 2.23. The number of rotatable bonds is 5. The molecule has 1 unspecified atom stereocenters. The Morgan fingerprint density at radius 1 is 1.58 bits per heavy atom. The van der Waals surface area contributed by atoms with Crippen LogP contribution in [0.4, 0.5) is 5.69 Å². The summed E-state index contributed by atoms with van der Waals surface area (Å²) in [6.07, 6.45) is 1.24. The molecule has 0 aromatic heterocycles. The SMILES string of the molecule is Cc1ccc(N2CCC(NCCC(=O)O)C2)c(Br)c1. The van der Waals surface area contributed by atoms with Gasteiger partial charge in [0, 0.05) is 30.1 Å². The second-order valence-electron chi connectivity index (χ2n) is 4.98. The molecule has 1 atom stereocenters. The lowest BCUT2D eigenvalue weighted by Crippen LogP contribution is -2.34. The largest absolute Gasteiger partial charge is 0.481 e. The number of carbonyl (C=O) groups is 1. The number of nitrogens with one attached hydrogen (secondary N) is 1. The molecule has 104 valence electrons. The molecule has 1 aliphatic rings. The maximum atomic E-state index is 10.5. The highest BCUT2D eigenvalue weighted by atomic mass is 79.9. The van der Waals surface area contributed by atoms with E-state index in [4.69, 9.17) is 5.11 Å². The molecule has 0 spiro atoms. The molecule has 2 N–H and O–H groups in total. The van der Waals surface area contributed by atoms with Crippen molar-refractivity contribution in [2.24, 2.45) is 0 Å². The van der Waals surface area contributed by atoms with Crippen LogP contribution in [0, 0.1) is 6.92 Å². The average molecular weight is 327 g/mol. The van der Waals surface area contributed by atoms with Crippen LogP contribution in [0.1, 0.15) is 18.4 Å². The zero-order valence-electron chi connectivity index (χ0n) is 11.0. The van der Waals surface area contributed by atoms with E-state index in [0.29, 0.717) is 12.6 Å². The van der Waals surface area contributed by atoms with Crippen LogP contribution in [0.15, 0.2) is 22.7 Å². The van der Waals surface area contributed by atoms with E-state index in [9.17, 15) is 4.79 Å². The fourth-order valence-electron chi connectivity index (χ4n) is 2.40. The molecule has 19 heavy (non-hydrogen) atoms. The minimum absolute atomic E-state index is 0.185. The van der Waals surface area contributed by atoms with Crippen LogP contribution in [-0.2, 0) is 4.79 Å². The summed E-state index contributed by atoms with van der Waals surface area (Å²) in [5.74, 6) is -0.747. The van der Waals surface area contributed by atoms with Crippen molar-refractivity contribution in [3.63, 3.8) is 0 Å².